The van der Waals surface area contributed by atoms with E-state index in [1.807, 2.05) is 0 Å². The average Bonchev–Trinajstić information content (AvgIpc) is 2.61. The highest BCUT2D eigenvalue weighted by molar-refractivity contribution is 4.94. The van der Waals surface area contributed by atoms with Crippen molar-refractivity contribution in [2.75, 3.05) is 13.1 Å². The fourth-order valence-electron chi connectivity index (χ4n) is 4.62. The molecule has 3 fully saturated rings. The number of hydrogen-bond acceptors (Lipinski definition) is 2. The molecule has 3 rings (SSSR count). The Balaban J connectivity index is 1.69. The minimum Gasteiger partial charge on any atom is -0.310 e. The molecule has 0 amide bonds. The van der Waals surface area contributed by atoms with Crippen molar-refractivity contribution in [1.82, 2.24) is 10.2 Å². The van der Waals surface area contributed by atoms with Crippen molar-refractivity contribution in [3.8, 4) is 0 Å². The van der Waals surface area contributed by atoms with E-state index < -0.39 is 0 Å². The van der Waals surface area contributed by atoms with E-state index in [0.29, 0.717) is 0 Å². The molecule has 98 valence electrons. The first-order valence-electron chi connectivity index (χ1n) is 7.74. The normalized spacial score (nSPS) is 48.0. The molecule has 1 N–H and O–H groups in total. The van der Waals surface area contributed by atoms with E-state index in [1.54, 1.807) is 0 Å². The van der Waals surface area contributed by atoms with Gasteiger partial charge in [-0.25, -0.2) is 0 Å². The van der Waals surface area contributed by atoms with E-state index >= 15 is 0 Å². The summed E-state index contributed by atoms with van der Waals surface area (Å²) in [4.78, 5) is 2.84. The first-order valence-corrected chi connectivity index (χ1v) is 7.74. The molecule has 3 aliphatic rings. The lowest BCUT2D eigenvalue weighted by Crippen LogP contribution is -2.49. The van der Waals surface area contributed by atoms with Crippen molar-refractivity contribution >= 4 is 0 Å². The van der Waals surface area contributed by atoms with Gasteiger partial charge < -0.3 is 5.32 Å². The minimum absolute atomic E-state index is 0.795. The molecule has 1 saturated carbocycles. The van der Waals surface area contributed by atoms with Crippen molar-refractivity contribution < 1.29 is 0 Å². The van der Waals surface area contributed by atoms with Crippen molar-refractivity contribution in [2.24, 2.45) is 11.8 Å². The van der Waals surface area contributed by atoms with E-state index in [4.69, 9.17) is 0 Å². The van der Waals surface area contributed by atoms with Gasteiger partial charge in [0.25, 0.3) is 0 Å². The lowest BCUT2D eigenvalue weighted by Gasteiger charge is -2.43. The summed E-state index contributed by atoms with van der Waals surface area (Å²) in [6.07, 6.45) is 8.58. The fraction of sp³-hybridized carbons (Fsp3) is 1.00. The van der Waals surface area contributed by atoms with Gasteiger partial charge in [0.15, 0.2) is 0 Å². The quantitative estimate of drug-likeness (QED) is 0.753. The molecule has 2 bridgehead atoms. The van der Waals surface area contributed by atoms with Gasteiger partial charge in [0.05, 0.1) is 0 Å². The summed E-state index contributed by atoms with van der Waals surface area (Å²) < 4.78 is 0. The van der Waals surface area contributed by atoms with Gasteiger partial charge in [0, 0.05) is 24.7 Å². The molecule has 4 unspecified atom stereocenters. The van der Waals surface area contributed by atoms with Gasteiger partial charge in [-0.05, 0) is 50.5 Å². The van der Waals surface area contributed by atoms with Crippen LogP contribution in [-0.4, -0.2) is 36.1 Å². The van der Waals surface area contributed by atoms with Gasteiger partial charge in [-0.3, -0.25) is 4.90 Å². The highest BCUT2D eigenvalue weighted by Crippen LogP contribution is 2.34. The third-order valence-corrected chi connectivity index (χ3v) is 5.46. The Kier molecular flexibility index (Phi) is 3.45. The van der Waals surface area contributed by atoms with Crippen LogP contribution in [0.1, 0.15) is 52.4 Å². The molecule has 0 aromatic carbocycles. The third-order valence-electron chi connectivity index (χ3n) is 5.46. The maximum absolute atomic E-state index is 3.81. The molecule has 2 nitrogen and oxygen atoms in total. The van der Waals surface area contributed by atoms with Crippen molar-refractivity contribution in [2.45, 2.75) is 70.5 Å². The Bertz CT molecular complexity index is 256. The lowest BCUT2D eigenvalue weighted by atomic mass is 9.77. The standard InChI is InChI=1S/C15H28N2/c1-11-4-3-5-12(2)15(11)17-9-8-13-6-7-14(10-17)16-13/h11-16H,3-10H2,1-2H3. The van der Waals surface area contributed by atoms with E-state index in [2.05, 4.69) is 24.1 Å². The van der Waals surface area contributed by atoms with Crippen LogP contribution in [-0.2, 0) is 0 Å². The molecular formula is C15H28N2. The van der Waals surface area contributed by atoms with Gasteiger partial charge in [-0.15, -0.1) is 0 Å². The zero-order valence-electron chi connectivity index (χ0n) is 11.5. The first kappa shape index (κ1) is 12.0. The number of rotatable bonds is 1. The summed E-state index contributed by atoms with van der Waals surface area (Å²) in [5.74, 6) is 1.82. The first-order chi connectivity index (χ1) is 8.24. The number of nitrogens with zero attached hydrogens (tertiary/aromatic N) is 1. The summed E-state index contributed by atoms with van der Waals surface area (Å²) in [5, 5.41) is 3.81. The second-order valence-corrected chi connectivity index (χ2v) is 6.80. The van der Waals surface area contributed by atoms with E-state index in [9.17, 15) is 0 Å². The number of likely N-dealkylation sites (tertiary alicyclic amines) is 1. The van der Waals surface area contributed by atoms with Crippen LogP contribution in [0.5, 0.6) is 0 Å². The van der Waals surface area contributed by atoms with Crippen molar-refractivity contribution in [1.29, 1.82) is 0 Å². The molecule has 2 aliphatic heterocycles. The Labute approximate surface area is 106 Å². The number of hydrogen-bond donors (Lipinski definition) is 1. The minimum atomic E-state index is 0.795. The highest BCUT2D eigenvalue weighted by atomic mass is 15.2. The number of fused-ring (bicyclic) bond motifs is 2. The molecular weight excluding hydrogens is 208 g/mol. The highest BCUT2D eigenvalue weighted by Gasteiger charge is 2.37. The third kappa shape index (κ3) is 2.39. The maximum atomic E-state index is 3.81. The Morgan fingerprint density at radius 2 is 1.59 bits per heavy atom. The molecule has 2 saturated heterocycles. The summed E-state index contributed by atoms with van der Waals surface area (Å²) in [5.41, 5.74) is 0. The predicted octanol–water partition coefficient (Wildman–Crippen LogP) is 2.64. The molecule has 1 aliphatic carbocycles. The molecule has 0 aromatic rings. The smallest absolute Gasteiger partial charge is 0.0198 e. The molecule has 17 heavy (non-hydrogen) atoms. The summed E-state index contributed by atoms with van der Waals surface area (Å²) in [7, 11) is 0. The average molecular weight is 236 g/mol. The molecule has 0 spiro atoms. The lowest BCUT2D eigenvalue weighted by molar-refractivity contribution is 0.0655. The second kappa shape index (κ2) is 4.89. The van der Waals surface area contributed by atoms with Crippen LogP contribution >= 0.6 is 0 Å². The van der Waals surface area contributed by atoms with E-state index in [-0.39, 0.29) is 0 Å². The SMILES string of the molecule is CC1CCCC(C)C1N1CCC2CCC(C1)N2. The van der Waals surface area contributed by atoms with Crippen molar-refractivity contribution in [3.63, 3.8) is 0 Å². The van der Waals surface area contributed by atoms with Gasteiger partial charge in [0.2, 0.25) is 0 Å². The fourth-order valence-corrected chi connectivity index (χ4v) is 4.62. The Morgan fingerprint density at radius 3 is 2.35 bits per heavy atom. The van der Waals surface area contributed by atoms with Crippen LogP contribution in [0.3, 0.4) is 0 Å². The molecule has 2 heteroatoms. The number of nitrogens with one attached hydrogen (secondary N) is 1. The topological polar surface area (TPSA) is 15.3 Å². The largest absolute Gasteiger partial charge is 0.310 e. The van der Waals surface area contributed by atoms with Crippen LogP contribution in [0.4, 0.5) is 0 Å². The van der Waals surface area contributed by atoms with Gasteiger partial charge in [-0.1, -0.05) is 20.3 Å². The Morgan fingerprint density at radius 1 is 0.882 bits per heavy atom. The van der Waals surface area contributed by atoms with Crippen LogP contribution in [0.25, 0.3) is 0 Å². The monoisotopic (exact) mass is 236 g/mol. The molecule has 4 atom stereocenters. The van der Waals surface area contributed by atoms with Gasteiger partial charge >= 0.3 is 0 Å². The second-order valence-electron chi connectivity index (χ2n) is 6.80. The van der Waals surface area contributed by atoms with E-state index in [0.717, 1.165) is 30.0 Å². The zero-order chi connectivity index (χ0) is 11.8. The predicted molar refractivity (Wildman–Crippen MR) is 72.1 cm³/mol. The van der Waals surface area contributed by atoms with Gasteiger partial charge in [0.1, 0.15) is 0 Å². The molecule has 0 radical (unpaired) electrons. The van der Waals surface area contributed by atoms with Crippen LogP contribution in [0.15, 0.2) is 0 Å². The van der Waals surface area contributed by atoms with Crippen LogP contribution in [0.2, 0.25) is 0 Å². The van der Waals surface area contributed by atoms with Crippen molar-refractivity contribution in [3.05, 3.63) is 0 Å². The Hall–Kier alpha value is -0.0800. The summed E-state index contributed by atoms with van der Waals surface area (Å²) in [6, 6.07) is 2.49. The molecule has 2 heterocycles. The van der Waals surface area contributed by atoms with Gasteiger partial charge in [-0.2, -0.15) is 0 Å². The van der Waals surface area contributed by atoms with Crippen LogP contribution < -0.4 is 5.32 Å². The van der Waals surface area contributed by atoms with Crippen LogP contribution in [0, 0.1) is 11.8 Å². The van der Waals surface area contributed by atoms with E-state index in [1.165, 1.54) is 51.6 Å². The summed E-state index contributed by atoms with van der Waals surface area (Å²) >= 11 is 0. The molecule has 0 aromatic heterocycles. The zero-order valence-corrected chi connectivity index (χ0v) is 11.5. The maximum Gasteiger partial charge on any atom is 0.0198 e. The summed E-state index contributed by atoms with van der Waals surface area (Å²) in [6.45, 7) is 7.62.